The van der Waals surface area contributed by atoms with Crippen LogP contribution in [0, 0.1) is 5.92 Å². The summed E-state index contributed by atoms with van der Waals surface area (Å²) in [6, 6.07) is 0.251. The van der Waals surface area contributed by atoms with Crippen molar-refractivity contribution in [3.8, 4) is 0 Å². The predicted molar refractivity (Wildman–Crippen MR) is 48.6 cm³/mol. The zero-order valence-corrected chi connectivity index (χ0v) is 7.24. The van der Waals surface area contributed by atoms with E-state index in [4.69, 9.17) is 15.8 Å². The van der Waals surface area contributed by atoms with Crippen LogP contribution in [0.3, 0.4) is 0 Å². The van der Waals surface area contributed by atoms with Crippen molar-refractivity contribution in [3.63, 3.8) is 0 Å². The lowest BCUT2D eigenvalue weighted by molar-refractivity contribution is 0.393. The van der Waals surface area contributed by atoms with Gasteiger partial charge in [-0.15, -0.1) is 0 Å². The second kappa shape index (κ2) is 4.82. The second-order valence-corrected chi connectivity index (χ2v) is 3.49. The molecule has 1 fully saturated rings. The molecule has 0 aliphatic carbocycles. The molecule has 4 nitrogen and oxygen atoms in total. The van der Waals surface area contributed by atoms with E-state index in [0.717, 1.165) is 25.9 Å². The zero-order valence-electron chi connectivity index (χ0n) is 7.24. The summed E-state index contributed by atoms with van der Waals surface area (Å²) in [5.41, 5.74) is 5.81. The Labute approximate surface area is 73.3 Å². The molecule has 0 radical (unpaired) electrons. The Kier molecular flexibility index (Phi) is 4.01. The summed E-state index contributed by atoms with van der Waals surface area (Å²) < 4.78 is 0. The minimum Gasteiger partial charge on any atom is -0.427 e. The molecule has 1 aliphatic rings. The topological polar surface area (TPSA) is 78.5 Å². The summed E-state index contributed by atoms with van der Waals surface area (Å²) in [5, 5.41) is 20.4. The van der Waals surface area contributed by atoms with E-state index in [1.54, 1.807) is 0 Å². The Morgan fingerprint density at radius 3 is 2.67 bits per heavy atom. The summed E-state index contributed by atoms with van der Waals surface area (Å²) >= 11 is 0. The molecule has 1 saturated heterocycles. The molecule has 5 N–H and O–H groups in total. The van der Waals surface area contributed by atoms with Gasteiger partial charge in [-0.3, -0.25) is 0 Å². The van der Waals surface area contributed by atoms with Crippen LogP contribution in [0.5, 0.6) is 0 Å². The summed E-state index contributed by atoms with van der Waals surface area (Å²) in [4.78, 5) is 0. The van der Waals surface area contributed by atoms with Crippen LogP contribution in [-0.4, -0.2) is 36.3 Å². The summed E-state index contributed by atoms with van der Waals surface area (Å²) in [5.74, 6) is 0.517. The van der Waals surface area contributed by atoms with Gasteiger partial charge in [0, 0.05) is 12.6 Å². The normalized spacial score (nSPS) is 29.2. The van der Waals surface area contributed by atoms with Gasteiger partial charge >= 0.3 is 7.12 Å². The van der Waals surface area contributed by atoms with Crippen molar-refractivity contribution in [2.75, 3.05) is 13.1 Å². The molecule has 12 heavy (non-hydrogen) atoms. The second-order valence-electron chi connectivity index (χ2n) is 3.49. The Balaban J connectivity index is 2.06. The van der Waals surface area contributed by atoms with E-state index in [1.807, 2.05) is 0 Å². The van der Waals surface area contributed by atoms with Crippen LogP contribution in [0.25, 0.3) is 0 Å². The number of hydrogen-bond donors (Lipinski definition) is 4. The van der Waals surface area contributed by atoms with Gasteiger partial charge < -0.3 is 21.1 Å². The van der Waals surface area contributed by atoms with E-state index in [-0.39, 0.29) is 6.04 Å². The zero-order chi connectivity index (χ0) is 8.97. The SMILES string of the molecule is N[C@H]1CNC[C@@H]1CCCB(O)O. The lowest BCUT2D eigenvalue weighted by Gasteiger charge is -2.12. The van der Waals surface area contributed by atoms with Crippen LogP contribution in [0.4, 0.5) is 0 Å². The first-order chi connectivity index (χ1) is 5.70. The number of nitrogens with one attached hydrogen (secondary N) is 1. The fraction of sp³-hybridized carbons (Fsp3) is 1.00. The van der Waals surface area contributed by atoms with Gasteiger partial charge in [0.05, 0.1) is 0 Å². The summed E-state index contributed by atoms with van der Waals surface area (Å²) in [6.07, 6.45) is 2.30. The van der Waals surface area contributed by atoms with Crippen molar-refractivity contribution in [1.82, 2.24) is 5.32 Å². The van der Waals surface area contributed by atoms with E-state index in [1.165, 1.54) is 0 Å². The third kappa shape index (κ3) is 3.10. The highest BCUT2D eigenvalue weighted by Crippen LogP contribution is 2.15. The maximum atomic E-state index is 8.60. The van der Waals surface area contributed by atoms with Crippen LogP contribution in [-0.2, 0) is 0 Å². The smallest absolute Gasteiger partial charge is 0.427 e. The molecule has 0 aromatic carbocycles. The third-order valence-electron chi connectivity index (χ3n) is 2.43. The summed E-state index contributed by atoms with van der Waals surface area (Å²) in [6.45, 7) is 1.87. The molecule has 0 spiro atoms. The van der Waals surface area contributed by atoms with E-state index in [2.05, 4.69) is 5.32 Å². The molecule has 0 bridgehead atoms. The molecule has 5 heteroatoms. The Morgan fingerprint density at radius 1 is 1.42 bits per heavy atom. The number of rotatable bonds is 4. The van der Waals surface area contributed by atoms with Crippen molar-refractivity contribution in [2.24, 2.45) is 11.7 Å². The van der Waals surface area contributed by atoms with Crippen molar-refractivity contribution < 1.29 is 10.0 Å². The Bertz CT molecular complexity index is 135. The van der Waals surface area contributed by atoms with Gasteiger partial charge in [-0.25, -0.2) is 0 Å². The minimum absolute atomic E-state index is 0.251. The first kappa shape index (κ1) is 9.99. The molecule has 70 valence electrons. The highest BCUT2D eigenvalue weighted by atomic mass is 16.4. The highest BCUT2D eigenvalue weighted by molar-refractivity contribution is 6.40. The van der Waals surface area contributed by atoms with Crippen molar-refractivity contribution in [2.45, 2.75) is 25.2 Å². The number of nitrogens with two attached hydrogens (primary N) is 1. The van der Waals surface area contributed by atoms with Crippen molar-refractivity contribution in [3.05, 3.63) is 0 Å². The van der Waals surface area contributed by atoms with Crippen LogP contribution in [0.1, 0.15) is 12.8 Å². The molecule has 1 heterocycles. The summed E-state index contributed by atoms with van der Waals surface area (Å²) in [7, 11) is -1.16. The van der Waals surface area contributed by atoms with Crippen LogP contribution >= 0.6 is 0 Å². The van der Waals surface area contributed by atoms with Gasteiger partial charge in [0.15, 0.2) is 0 Å². The Hall–Kier alpha value is -0.0951. The first-order valence-electron chi connectivity index (χ1n) is 4.52. The molecule has 2 atom stereocenters. The predicted octanol–water partition coefficient (Wildman–Crippen LogP) is -1.21. The molecule has 0 aromatic rings. The largest absolute Gasteiger partial charge is 0.451 e. The van der Waals surface area contributed by atoms with Gasteiger partial charge in [-0.05, 0) is 25.2 Å². The maximum Gasteiger partial charge on any atom is 0.451 e. The quantitative estimate of drug-likeness (QED) is 0.401. The molecule has 1 aliphatic heterocycles. The van der Waals surface area contributed by atoms with Gasteiger partial charge in [-0.1, -0.05) is 6.42 Å². The standard InChI is InChI=1S/C7H17BN2O2/c9-7-5-10-4-6(7)2-1-3-8(11)12/h6-7,10-12H,1-5,9H2/t6-,7-/m0/s1. The lowest BCUT2D eigenvalue weighted by Crippen LogP contribution is -2.29. The van der Waals surface area contributed by atoms with Crippen molar-refractivity contribution >= 4 is 7.12 Å². The van der Waals surface area contributed by atoms with Gasteiger partial charge in [0.2, 0.25) is 0 Å². The van der Waals surface area contributed by atoms with Gasteiger partial charge in [-0.2, -0.15) is 0 Å². The molecule has 0 saturated carbocycles. The van der Waals surface area contributed by atoms with Crippen LogP contribution in [0.2, 0.25) is 6.32 Å². The molecular weight excluding hydrogens is 155 g/mol. The molecule has 0 unspecified atom stereocenters. The van der Waals surface area contributed by atoms with Gasteiger partial charge in [0.25, 0.3) is 0 Å². The van der Waals surface area contributed by atoms with Crippen LogP contribution in [0.15, 0.2) is 0 Å². The van der Waals surface area contributed by atoms with E-state index < -0.39 is 7.12 Å². The van der Waals surface area contributed by atoms with E-state index in [0.29, 0.717) is 12.2 Å². The van der Waals surface area contributed by atoms with Crippen molar-refractivity contribution in [1.29, 1.82) is 0 Å². The molecule has 1 rings (SSSR count). The van der Waals surface area contributed by atoms with E-state index >= 15 is 0 Å². The molecule has 0 amide bonds. The third-order valence-corrected chi connectivity index (χ3v) is 2.43. The Morgan fingerprint density at radius 2 is 2.17 bits per heavy atom. The fourth-order valence-corrected chi connectivity index (χ4v) is 1.63. The minimum atomic E-state index is -1.16. The average molecular weight is 172 g/mol. The molecular formula is C7H17BN2O2. The monoisotopic (exact) mass is 172 g/mol. The maximum absolute atomic E-state index is 8.60. The highest BCUT2D eigenvalue weighted by Gasteiger charge is 2.23. The number of hydrogen-bond acceptors (Lipinski definition) is 4. The van der Waals surface area contributed by atoms with Crippen LogP contribution < -0.4 is 11.1 Å². The van der Waals surface area contributed by atoms with E-state index in [9.17, 15) is 0 Å². The van der Waals surface area contributed by atoms with Gasteiger partial charge in [0.1, 0.15) is 0 Å². The lowest BCUT2D eigenvalue weighted by atomic mass is 9.82. The fourth-order valence-electron chi connectivity index (χ4n) is 1.63. The average Bonchev–Trinajstić information content (AvgIpc) is 2.36. The first-order valence-corrected chi connectivity index (χ1v) is 4.52. The molecule has 0 aromatic heterocycles.